The highest BCUT2D eigenvalue weighted by molar-refractivity contribution is 5.92. The topological polar surface area (TPSA) is 105 Å². The number of carbonyl (C=O) groups excluding carboxylic acids is 1. The zero-order valence-corrected chi connectivity index (χ0v) is 15.1. The minimum Gasteiger partial charge on any atom is -0.505 e. The second-order valence-corrected chi connectivity index (χ2v) is 6.24. The predicted molar refractivity (Wildman–Crippen MR) is 102 cm³/mol. The standard InChI is InChI=1S/C19H13F3N6O2/c20-12-2-1-3-14(18(12)22)27-17(30)8-28-7-10(6-25-28)26-19-11-4-13(21)16(29)5-15(11)23-9-24-19/h1-7,9,29H,8H2,(H,27,30)(H,23,24,26). The van der Waals surface area contributed by atoms with Crippen LogP contribution in [0.25, 0.3) is 10.9 Å². The summed E-state index contributed by atoms with van der Waals surface area (Å²) in [5.74, 6) is -3.91. The quantitative estimate of drug-likeness (QED) is 0.463. The Labute approximate surface area is 167 Å². The normalized spacial score (nSPS) is 10.9. The first-order valence-electron chi connectivity index (χ1n) is 8.57. The number of benzene rings is 2. The number of amides is 1. The lowest BCUT2D eigenvalue weighted by atomic mass is 10.2. The number of nitrogens with zero attached hydrogens (tertiary/aromatic N) is 4. The van der Waals surface area contributed by atoms with Crippen LogP contribution >= 0.6 is 0 Å². The summed E-state index contributed by atoms with van der Waals surface area (Å²) in [7, 11) is 0. The number of carbonyl (C=O) groups is 1. The Balaban J connectivity index is 1.48. The van der Waals surface area contributed by atoms with Crippen LogP contribution in [0.15, 0.2) is 49.1 Å². The summed E-state index contributed by atoms with van der Waals surface area (Å²) in [6.07, 6.45) is 4.13. The molecule has 0 spiro atoms. The first-order chi connectivity index (χ1) is 14.4. The van der Waals surface area contributed by atoms with E-state index in [9.17, 15) is 23.1 Å². The molecular weight excluding hydrogens is 401 g/mol. The number of phenolic OH excluding ortho intramolecular Hbond substituents is 1. The van der Waals surface area contributed by atoms with E-state index in [1.54, 1.807) is 0 Å². The van der Waals surface area contributed by atoms with Gasteiger partial charge < -0.3 is 15.7 Å². The lowest BCUT2D eigenvalue weighted by Gasteiger charge is -2.07. The Morgan fingerprint density at radius 2 is 1.97 bits per heavy atom. The fourth-order valence-corrected chi connectivity index (χ4v) is 2.75. The van der Waals surface area contributed by atoms with Crippen LogP contribution in [0.3, 0.4) is 0 Å². The first kappa shape index (κ1) is 19.2. The van der Waals surface area contributed by atoms with Crippen LogP contribution in [0, 0.1) is 17.5 Å². The van der Waals surface area contributed by atoms with Gasteiger partial charge >= 0.3 is 0 Å². The molecule has 0 fully saturated rings. The number of nitrogens with one attached hydrogen (secondary N) is 2. The van der Waals surface area contributed by atoms with E-state index >= 15 is 0 Å². The molecule has 2 heterocycles. The van der Waals surface area contributed by atoms with Gasteiger partial charge in [0.2, 0.25) is 5.91 Å². The van der Waals surface area contributed by atoms with Gasteiger partial charge in [-0.1, -0.05) is 6.07 Å². The minimum absolute atomic E-state index is 0.259. The number of phenols is 1. The van der Waals surface area contributed by atoms with Crippen LogP contribution in [0.1, 0.15) is 0 Å². The van der Waals surface area contributed by atoms with Gasteiger partial charge in [0.25, 0.3) is 0 Å². The maximum atomic E-state index is 13.7. The molecule has 4 rings (SSSR count). The van der Waals surface area contributed by atoms with Crippen LogP contribution < -0.4 is 10.6 Å². The van der Waals surface area contributed by atoms with Gasteiger partial charge in [0, 0.05) is 17.6 Å². The molecule has 0 bridgehead atoms. The Hall–Kier alpha value is -4.15. The Morgan fingerprint density at radius 3 is 2.80 bits per heavy atom. The van der Waals surface area contributed by atoms with Gasteiger partial charge in [0.1, 0.15) is 18.7 Å². The number of rotatable bonds is 5. The van der Waals surface area contributed by atoms with E-state index in [-0.39, 0.29) is 18.1 Å². The number of hydrogen-bond acceptors (Lipinski definition) is 6. The zero-order valence-electron chi connectivity index (χ0n) is 15.1. The molecule has 0 aliphatic carbocycles. The predicted octanol–water partition coefficient (Wildman–Crippen LogP) is 3.33. The van der Waals surface area contributed by atoms with Crippen LogP contribution in [0.2, 0.25) is 0 Å². The van der Waals surface area contributed by atoms with Crippen LogP contribution in [-0.2, 0) is 11.3 Å². The molecule has 8 nitrogen and oxygen atoms in total. The van der Waals surface area contributed by atoms with Crippen LogP contribution in [-0.4, -0.2) is 30.8 Å². The van der Waals surface area contributed by atoms with E-state index in [2.05, 4.69) is 25.7 Å². The van der Waals surface area contributed by atoms with Gasteiger partial charge in [0.15, 0.2) is 23.2 Å². The number of halogens is 3. The third-order valence-corrected chi connectivity index (χ3v) is 4.13. The fourth-order valence-electron chi connectivity index (χ4n) is 2.75. The Morgan fingerprint density at radius 1 is 1.13 bits per heavy atom. The summed E-state index contributed by atoms with van der Waals surface area (Å²) in [6, 6.07) is 5.73. The highest BCUT2D eigenvalue weighted by Gasteiger charge is 2.13. The van der Waals surface area contributed by atoms with E-state index in [4.69, 9.17) is 0 Å². The average Bonchev–Trinajstić information content (AvgIpc) is 3.13. The van der Waals surface area contributed by atoms with E-state index in [0.29, 0.717) is 16.6 Å². The number of aromatic nitrogens is 4. The van der Waals surface area contributed by atoms with E-state index in [0.717, 1.165) is 12.1 Å². The largest absolute Gasteiger partial charge is 0.505 e. The summed E-state index contributed by atoms with van der Waals surface area (Å²) in [5.41, 5.74) is 0.492. The molecule has 11 heteroatoms. The van der Waals surface area contributed by atoms with Crippen molar-refractivity contribution in [1.82, 2.24) is 19.7 Å². The van der Waals surface area contributed by atoms with Crippen molar-refractivity contribution in [3.63, 3.8) is 0 Å². The van der Waals surface area contributed by atoms with Gasteiger partial charge in [-0.25, -0.2) is 23.1 Å². The average molecular weight is 414 g/mol. The fraction of sp³-hybridized carbons (Fsp3) is 0.0526. The van der Waals surface area contributed by atoms with Crippen molar-refractivity contribution in [1.29, 1.82) is 0 Å². The summed E-state index contributed by atoms with van der Waals surface area (Å²) in [5, 5.41) is 19.0. The van der Waals surface area contributed by atoms with Crippen molar-refractivity contribution >= 4 is 34.0 Å². The van der Waals surface area contributed by atoms with E-state index < -0.39 is 29.1 Å². The third kappa shape index (κ3) is 3.85. The Bertz CT molecular complexity index is 1260. The van der Waals surface area contributed by atoms with Crippen molar-refractivity contribution < 1.29 is 23.1 Å². The van der Waals surface area contributed by atoms with Gasteiger partial charge in [-0.15, -0.1) is 0 Å². The van der Waals surface area contributed by atoms with Gasteiger partial charge in [-0.05, 0) is 18.2 Å². The molecule has 4 aromatic rings. The molecule has 0 atom stereocenters. The molecular formula is C19H13F3N6O2. The highest BCUT2D eigenvalue weighted by atomic mass is 19.2. The zero-order chi connectivity index (χ0) is 21.3. The van der Waals surface area contributed by atoms with E-state index in [1.807, 2.05) is 0 Å². The smallest absolute Gasteiger partial charge is 0.246 e. The summed E-state index contributed by atoms with van der Waals surface area (Å²) in [4.78, 5) is 20.1. The van der Waals surface area contributed by atoms with Gasteiger partial charge in [-0.2, -0.15) is 5.10 Å². The van der Waals surface area contributed by atoms with Crippen molar-refractivity contribution in [3.05, 3.63) is 66.5 Å². The van der Waals surface area contributed by atoms with Crippen molar-refractivity contribution in [3.8, 4) is 5.75 Å². The minimum atomic E-state index is -1.15. The molecule has 0 saturated heterocycles. The maximum Gasteiger partial charge on any atom is 0.246 e. The number of fused-ring (bicyclic) bond motifs is 1. The molecule has 0 aliphatic rings. The maximum absolute atomic E-state index is 13.7. The monoisotopic (exact) mass is 414 g/mol. The van der Waals surface area contributed by atoms with Gasteiger partial charge in [0.05, 0.1) is 23.1 Å². The molecule has 152 valence electrons. The molecule has 1 amide bonds. The summed E-state index contributed by atoms with van der Waals surface area (Å²) < 4.78 is 41.8. The molecule has 0 unspecified atom stereocenters. The lowest BCUT2D eigenvalue weighted by molar-refractivity contribution is -0.116. The molecule has 0 saturated carbocycles. The molecule has 0 aliphatic heterocycles. The van der Waals surface area contributed by atoms with Gasteiger partial charge in [-0.3, -0.25) is 9.48 Å². The Kier molecular flexibility index (Phi) is 4.92. The summed E-state index contributed by atoms with van der Waals surface area (Å²) >= 11 is 0. The molecule has 30 heavy (non-hydrogen) atoms. The van der Waals surface area contributed by atoms with Crippen molar-refractivity contribution in [2.24, 2.45) is 0 Å². The first-order valence-corrected chi connectivity index (χ1v) is 8.57. The number of hydrogen-bond donors (Lipinski definition) is 3. The highest BCUT2D eigenvalue weighted by Crippen LogP contribution is 2.27. The van der Waals surface area contributed by atoms with Crippen molar-refractivity contribution in [2.75, 3.05) is 10.6 Å². The second-order valence-electron chi connectivity index (χ2n) is 6.24. The van der Waals surface area contributed by atoms with E-state index in [1.165, 1.54) is 41.6 Å². The summed E-state index contributed by atoms with van der Waals surface area (Å²) in [6.45, 7) is -0.259. The molecule has 2 aromatic carbocycles. The van der Waals surface area contributed by atoms with Crippen LogP contribution in [0.5, 0.6) is 5.75 Å². The molecule has 2 aromatic heterocycles. The van der Waals surface area contributed by atoms with Crippen molar-refractivity contribution in [2.45, 2.75) is 6.54 Å². The SMILES string of the molecule is O=C(Cn1cc(Nc2ncnc3cc(O)c(F)cc23)cn1)Nc1cccc(F)c1F. The molecule has 3 N–H and O–H groups in total. The second kappa shape index (κ2) is 7.70. The number of anilines is 3. The van der Waals surface area contributed by atoms with Crippen LogP contribution in [0.4, 0.5) is 30.4 Å². The third-order valence-electron chi connectivity index (χ3n) is 4.13. The lowest BCUT2D eigenvalue weighted by Crippen LogP contribution is -2.19. The molecule has 0 radical (unpaired) electrons. The number of aromatic hydroxyl groups is 1.